The molecular weight excluding hydrogens is 412 g/mol. The number of hydrogen-bond acceptors (Lipinski definition) is 4. The molecule has 1 N–H and O–H groups in total. The number of nitrogens with one attached hydrogen (secondary N) is 1. The highest BCUT2D eigenvalue weighted by Crippen LogP contribution is 2.34. The summed E-state index contributed by atoms with van der Waals surface area (Å²) in [6, 6.07) is 22.5. The predicted octanol–water partition coefficient (Wildman–Crippen LogP) is 5.74. The van der Waals surface area contributed by atoms with E-state index in [0.29, 0.717) is 22.5 Å². The van der Waals surface area contributed by atoms with Crippen molar-refractivity contribution in [1.82, 2.24) is 0 Å². The Balaban J connectivity index is 1.72. The minimum absolute atomic E-state index is 0.0707. The first kappa shape index (κ1) is 22.3. The van der Waals surface area contributed by atoms with Gasteiger partial charge in [-0.25, -0.2) is 4.90 Å². The van der Waals surface area contributed by atoms with Crippen LogP contribution in [-0.4, -0.2) is 17.9 Å². The molecule has 0 aromatic heterocycles. The number of carbonyl (C=O) groups excluding carboxylic acids is 2. The Morgan fingerprint density at radius 2 is 1.48 bits per heavy atom. The van der Waals surface area contributed by atoms with E-state index in [9.17, 15) is 9.59 Å². The molecule has 0 aliphatic carbocycles. The lowest BCUT2D eigenvalue weighted by Crippen LogP contribution is -2.32. The molecule has 1 aliphatic heterocycles. The Morgan fingerprint density at radius 1 is 0.848 bits per heavy atom. The molecule has 3 aromatic carbocycles. The molecule has 3 aromatic rings. The van der Waals surface area contributed by atoms with Crippen LogP contribution in [-0.2, 0) is 16.0 Å². The highest BCUT2D eigenvalue weighted by atomic mass is 16.5. The number of anilines is 2. The van der Waals surface area contributed by atoms with E-state index in [4.69, 9.17) is 4.74 Å². The van der Waals surface area contributed by atoms with Gasteiger partial charge in [0.15, 0.2) is 0 Å². The second-order valence-corrected chi connectivity index (χ2v) is 8.40. The van der Waals surface area contributed by atoms with E-state index in [2.05, 4.69) is 12.2 Å². The van der Waals surface area contributed by atoms with Gasteiger partial charge in [-0.15, -0.1) is 0 Å². The zero-order chi connectivity index (χ0) is 23.5. The summed E-state index contributed by atoms with van der Waals surface area (Å²) in [4.78, 5) is 28.3. The van der Waals surface area contributed by atoms with E-state index in [1.165, 1.54) is 4.90 Å². The lowest BCUT2D eigenvalue weighted by molar-refractivity contribution is -0.120. The quantitative estimate of drug-likeness (QED) is 0.476. The Hall–Kier alpha value is -3.86. The van der Waals surface area contributed by atoms with Crippen molar-refractivity contribution in [2.24, 2.45) is 0 Å². The molecule has 0 spiro atoms. The number of carbonyl (C=O) groups is 2. The topological polar surface area (TPSA) is 58.6 Å². The predicted molar refractivity (Wildman–Crippen MR) is 132 cm³/mol. The van der Waals surface area contributed by atoms with Gasteiger partial charge in [0.05, 0.1) is 17.4 Å². The molecule has 0 fully saturated rings. The van der Waals surface area contributed by atoms with Crippen molar-refractivity contribution >= 4 is 28.8 Å². The molecule has 4 rings (SSSR count). The SMILES string of the molecule is CCc1ccc(N2C(=O)C(Nc3ccc(OC(C)C)cc3)=C(c3ccc(C)cc3)C2=O)cc1. The molecule has 1 heterocycles. The van der Waals surface area contributed by atoms with Crippen molar-refractivity contribution in [3.05, 3.63) is 95.2 Å². The van der Waals surface area contributed by atoms with Gasteiger partial charge in [0, 0.05) is 5.69 Å². The first-order valence-electron chi connectivity index (χ1n) is 11.2. The fourth-order valence-corrected chi connectivity index (χ4v) is 3.78. The molecule has 0 bridgehead atoms. The maximum absolute atomic E-state index is 13.5. The highest BCUT2D eigenvalue weighted by molar-refractivity contribution is 6.46. The number of aryl methyl sites for hydroxylation is 2. The number of benzene rings is 3. The molecule has 2 amide bonds. The van der Waals surface area contributed by atoms with Crippen molar-refractivity contribution in [3.63, 3.8) is 0 Å². The molecule has 5 heteroatoms. The summed E-state index contributed by atoms with van der Waals surface area (Å²) in [5, 5.41) is 3.20. The Bertz CT molecular complexity index is 1190. The number of hydrogen-bond donors (Lipinski definition) is 1. The fraction of sp³-hybridized carbons (Fsp3) is 0.214. The van der Waals surface area contributed by atoms with E-state index >= 15 is 0 Å². The minimum atomic E-state index is -0.373. The second kappa shape index (κ2) is 9.33. The van der Waals surface area contributed by atoms with Gasteiger partial charge in [-0.1, -0.05) is 48.9 Å². The molecule has 0 saturated heterocycles. The maximum atomic E-state index is 13.5. The fourth-order valence-electron chi connectivity index (χ4n) is 3.78. The number of ether oxygens (including phenoxy) is 1. The van der Waals surface area contributed by atoms with Crippen molar-refractivity contribution in [1.29, 1.82) is 0 Å². The molecule has 168 valence electrons. The third-order valence-corrected chi connectivity index (χ3v) is 5.52. The van der Waals surface area contributed by atoms with Crippen LogP contribution < -0.4 is 15.0 Å². The van der Waals surface area contributed by atoms with E-state index in [1.54, 1.807) is 0 Å². The second-order valence-electron chi connectivity index (χ2n) is 8.40. The summed E-state index contributed by atoms with van der Waals surface area (Å²) >= 11 is 0. The highest BCUT2D eigenvalue weighted by Gasteiger charge is 2.40. The van der Waals surface area contributed by atoms with Gasteiger partial charge in [-0.2, -0.15) is 0 Å². The van der Waals surface area contributed by atoms with E-state index in [1.807, 2.05) is 93.6 Å². The van der Waals surface area contributed by atoms with E-state index in [-0.39, 0.29) is 23.6 Å². The summed E-state index contributed by atoms with van der Waals surface area (Å²) < 4.78 is 5.70. The standard InChI is InChI=1S/C28H28N2O3/c1-5-20-8-14-23(15-9-20)30-27(31)25(21-10-6-19(4)7-11-21)26(28(30)32)29-22-12-16-24(17-13-22)33-18(2)3/h6-18,29H,5H2,1-4H3. The smallest absolute Gasteiger partial charge is 0.282 e. The van der Waals surface area contributed by atoms with Gasteiger partial charge in [0.2, 0.25) is 0 Å². The molecule has 5 nitrogen and oxygen atoms in total. The van der Waals surface area contributed by atoms with E-state index in [0.717, 1.165) is 23.3 Å². The average molecular weight is 441 g/mol. The minimum Gasteiger partial charge on any atom is -0.491 e. The molecule has 1 aliphatic rings. The first-order chi connectivity index (χ1) is 15.9. The van der Waals surface area contributed by atoms with Crippen LogP contribution in [0.5, 0.6) is 5.75 Å². The third kappa shape index (κ3) is 4.67. The Morgan fingerprint density at radius 3 is 2.06 bits per heavy atom. The van der Waals surface area contributed by atoms with Gasteiger partial charge in [0.25, 0.3) is 11.8 Å². The Kier molecular flexibility index (Phi) is 6.31. The lowest BCUT2D eigenvalue weighted by Gasteiger charge is -2.16. The molecular formula is C28H28N2O3. The average Bonchev–Trinajstić information content (AvgIpc) is 3.05. The van der Waals surface area contributed by atoms with Crippen LogP contribution >= 0.6 is 0 Å². The summed E-state index contributed by atoms with van der Waals surface area (Å²) in [5.41, 5.74) is 4.82. The van der Waals surface area contributed by atoms with Crippen LogP contribution in [0.15, 0.2) is 78.5 Å². The maximum Gasteiger partial charge on any atom is 0.282 e. The van der Waals surface area contributed by atoms with Crippen LogP contribution in [0.25, 0.3) is 5.57 Å². The van der Waals surface area contributed by atoms with Crippen molar-refractivity contribution in [2.75, 3.05) is 10.2 Å². The Labute approximate surface area is 194 Å². The number of amides is 2. The monoisotopic (exact) mass is 440 g/mol. The van der Waals surface area contributed by atoms with Gasteiger partial charge in [-0.3, -0.25) is 9.59 Å². The normalized spacial score (nSPS) is 13.8. The summed E-state index contributed by atoms with van der Waals surface area (Å²) in [6.45, 7) is 7.99. The summed E-state index contributed by atoms with van der Waals surface area (Å²) in [6.07, 6.45) is 0.958. The van der Waals surface area contributed by atoms with Crippen molar-refractivity contribution in [3.8, 4) is 5.75 Å². The zero-order valence-electron chi connectivity index (χ0n) is 19.4. The molecule has 33 heavy (non-hydrogen) atoms. The van der Waals surface area contributed by atoms with E-state index < -0.39 is 0 Å². The van der Waals surface area contributed by atoms with Gasteiger partial charge in [0.1, 0.15) is 11.4 Å². The number of nitrogens with zero attached hydrogens (tertiary/aromatic N) is 1. The van der Waals surface area contributed by atoms with Crippen molar-refractivity contribution < 1.29 is 14.3 Å². The number of rotatable bonds is 7. The zero-order valence-corrected chi connectivity index (χ0v) is 19.4. The van der Waals surface area contributed by atoms with Crippen LogP contribution in [0, 0.1) is 6.92 Å². The molecule has 0 atom stereocenters. The lowest BCUT2D eigenvalue weighted by atomic mass is 10.0. The van der Waals surface area contributed by atoms with Gasteiger partial charge < -0.3 is 10.1 Å². The van der Waals surface area contributed by atoms with Crippen LogP contribution in [0.2, 0.25) is 0 Å². The number of imide groups is 1. The van der Waals surface area contributed by atoms with Crippen LogP contribution in [0.4, 0.5) is 11.4 Å². The summed E-state index contributed by atoms with van der Waals surface area (Å²) in [7, 11) is 0. The first-order valence-corrected chi connectivity index (χ1v) is 11.2. The summed E-state index contributed by atoms with van der Waals surface area (Å²) in [5.74, 6) is 0.0347. The van der Waals surface area contributed by atoms with Gasteiger partial charge in [-0.05, 0) is 74.7 Å². The largest absolute Gasteiger partial charge is 0.491 e. The van der Waals surface area contributed by atoms with Gasteiger partial charge >= 0.3 is 0 Å². The van der Waals surface area contributed by atoms with Crippen LogP contribution in [0.3, 0.4) is 0 Å². The van der Waals surface area contributed by atoms with Crippen LogP contribution in [0.1, 0.15) is 37.5 Å². The molecule has 0 radical (unpaired) electrons. The third-order valence-electron chi connectivity index (χ3n) is 5.52. The molecule has 0 unspecified atom stereocenters. The van der Waals surface area contributed by atoms with Crippen molar-refractivity contribution in [2.45, 2.75) is 40.2 Å². The molecule has 0 saturated carbocycles.